The van der Waals surface area contributed by atoms with Crippen LogP contribution in [0.1, 0.15) is 106 Å². The molecular weight excluding hydrogens is 1370 g/mol. The van der Waals surface area contributed by atoms with Crippen molar-refractivity contribution >= 4 is 101 Å². The normalized spacial score (nSPS) is 18.6. The van der Waals surface area contributed by atoms with E-state index in [2.05, 4.69) is 35.6 Å². The van der Waals surface area contributed by atoms with E-state index in [1.54, 1.807) is 66.8 Å². The number of benzene rings is 5. The van der Waals surface area contributed by atoms with Gasteiger partial charge in [0, 0.05) is 98.3 Å². The first-order valence-electron chi connectivity index (χ1n) is 33.3. The van der Waals surface area contributed by atoms with Crippen LogP contribution >= 0.6 is 34.7 Å². The minimum Gasteiger partial charge on any atom is -0.391 e. The first-order chi connectivity index (χ1) is 47.0. The number of nitrogens with one attached hydrogen (secondary N) is 3. The van der Waals surface area contributed by atoms with Crippen molar-refractivity contribution in [2.45, 2.75) is 130 Å². The van der Waals surface area contributed by atoms with E-state index >= 15 is 0 Å². The number of hydrogen-bond donors (Lipinski definition) is 4. The molecule has 0 spiro atoms. The van der Waals surface area contributed by atoms with Gasteiger partial charge in [0.25, 0.3) is 9.84 Å². The van der Waals surface area contributed by atoms with Gasteiger partial charge < -0.3 is 40.7 Å². The monoisotopic (exact) mass is 1460 g/mol. The van der Waals surface area contributed by atoms with Crippen LogP contribution in [0.5, 0.6) is 0 Å². The number of piperidine rings is 1. The van der Waals surface area contributed by atoms with Gasteiger partial charge in [-0.15, -0.1) is 23.1 Å². The molecule has 6 aromatic rings. The van der Waals surface area contributed by atoms with E-state index < -0.39 is 118 Å². The molecule has 0 aliphatic carbocycles. The van der Waals surface area contributed by atoms with E-state index in [0.29, 0.717) is 75.5 Å². The van der Waals surface area contributed by atoms with Crippen LogP contribution in [-0.4, -0.2) is 189 Å². The van der Waals surface area contributed by atoms with Gasteiger partial charge in [0.15, 0.2) is 15.6 Å². The second-order valence-electron chi connectivity index (χ2n) is 27.0. The SMILES string of the molecule is Cc1ncsc1-c1ccc([C@H](C)NC(=O)[C@@H]2C[C@@H](O)CN2C(=O)[C@@H](NC(=O)CC(=O)N2CCC(c3ccc(Cl)cc3)=C(CN3CCN(c4ccc(C(=O)CS(=O)(=O)c5ccc(N[C@H](CCN6CCCCC6)CSc6ccccc6)c(S(=O)(=O)C(F)(F)F)c5)cc4)CC3)C2)C(C)(C)C)cc1. The maximum atomic E-state index is 14.5. The summed E-state index contributed by atoms with van der Waals surface area (Å²) in [6.07, 6.45) is 2.58. The number of aromatic nitrogens is 1. The molecule has 4 amide bonds. The number of sulfone groups is 2. The number of aliphatic hydroxyl groups is 1. The number of thiazole rings is 1. The molecule has 530 valence electrons. The number of carbonyl (C=O) groups excluding carboxylic acids is 5. The van der Waals surface area contributed by atoms with E-state index in [1.165, 1.54) is 28.8 Å². The minimum atomic E-state index is -6.09. The number of rotatable bonds is 25. The number of thioether (sulfide) groups is 1. The summed E-state index contributed by atoms with van der Waals surface area (Å²) in [7, 11) is -10.8. The Balaban J connectivity index is 0.750. The number of ketones is 1. The van der Waals surface area contributed by atoms with Gasteiger partial charge in [-0.2, -0.15) is 13.2 Å². The number of β-amino-alcohol motifs (C(OH)–C–C–N with tert-alkyl or cyclic N) is 1. The van der Waals surface area contributed by atoms with E-state index in [-0.39, 0.29) is 25.1 Å². The largest absolute Gasteiger partial charge is 0.501 e. The predicted molar refractivity (Wildman–Crippen MR) is 381 cm³/mol. The number of hydrogen-bond acceptors (Lipinski definition) is 17. The molecule has 99 heavy (non-hydrogen) atoms. The van der Waals surface area contributed by atoms with Crippen molar-refractivity contribution < 1.29 is 59.1 Å². The summed E-state index contributed by atoms with van der Waals surface area (Å²) < 4.78 is 97.6. The molecule has 3 fully saturated rings. The zero-order chi connectivity index (χ0) is 71.0. The topological polar surface area (TPSA) is 239 Å². The summed E-state index contributed by atoms with van der Waals surface area (Å²) in [5, 5.41) is 20.3. The molecule has 4 aliphatic heterocycles. The number of aryl methyl sites for hydroxylation is 1. The van der Waals surface area contributed by atoms with Gasteiger partial charge in [-0.05, 0) is 153 Å². The fourth-order valence-electron chi connectivity index (χ4n) is 13.1. The number of anilines is 2. The molecule has 3 saturated heterocycles. The highest BCUT2D eigenvalue weighted by Crippen LogP contribution is 2.38. The third-order valence-electron chi connectivity index (χ3n) is 18.7. The average Bonchev–Trinajstić information content (AvgIpc) is 1.28. The molecule has 5 heterocycles. The number of likely N-dealkylation sites (tertiary alicyclic amines) is 2. The Morgan fingerprint density at radius 3 is 2.12 bits per heavy atom. The lowest BCUT2D eigenvalue weighted by molar-refractivity contribution is -0.145. The fourth-order valence-corrected chi connectivity index (χ4v) is 17.3. The van der Waals surface area contributed by atoms with Crippen LogP contribution in [0.2, 0.25) is 5.02 Å². The molecule has 27 heteroatoms. The molecule has 1 aromatic heterocycles. The maximum absolute atomic E-state index is 14.5. The van der Waals surface area contributed by atoms with Gasteiger partial charge in [0.05, 0.1) is 38.8 Å². The third-order valence-corrected chi connectivity index (χ3v) is 24.3. The van der Waals surface area contributed by atoms with Crippen molar-refractivity contribution in [2.24, 2.45) is 5.41 Å². The lowest BCUT2D eigenvalue weighted by Crippen LogP contribution is -2.58. The van der Waals surface area contributed by atoms with Crippen LogP contribution in [0.25, 0.3) is 16.0 Å². The van der Waals surface area contributed by atoms with E-state index in [4.69, 9.17) is 11.6 Å². The Bertz CT molecular complexity index is 4130. The second kappa shape index (κ2) is 32.2. The number of piperazine rings is 1. The molecular formula is C72H85ClF3N9O10S4. The Morgan fingerprint density at radius 2 is 1.47 bits per heavy atom. The number of Topliss-reactive ketones (excluding diaryl/α,β-unsaturated/α-hetero) is 1. The molecule has 5 aromatic carbocycles. The molecule has 0 unspecified atom stereocenters. The number of halogens is 4. The van der Waals surface area contributed by atoms with Crippen molar-refractivity contribution in [1.29, 1.82) is 0 Å². The number of carbonyl (C=O) groups is 5. The van der Waals surface area contributed by atoms with Crippen LogP contribution in [0.3, 0.4) is 0 Å². The lowest BCUT2D eigenvalue weighted by Gasteiger charge is -2.39. The zero-order valence-electron chi connectivity index (χ0n) is 56.1. The van der Waals surface area contributed by atoms with Crippen molar-refractivity contribution in [3.63, 3.8) is 0 Å². The van der Waals surface area contributed by atoms with Crippen LogP contribution < -0.4 is 20.9 Å². The molecule has 4 aliphatic rings. The second-order valence-corrected chi connectivity index (χ2v) is 33.3. The molecule has 19 nitrogen and oxygen atoms in total. The lowest BCUT2D eigenvalue weighted by atomic mass is 9.85. The Labute approximate surface area is 590 Å². The highest BCUT2D eigenvalue weighted by molar-refractivity contribution is 7.99. The van der Waals surface area contributed by atoms with Gasteiger partial charge >= 0.3 is 5.51 Å². The van der Waals surface area contributed by atoms with Crippen LogP contribution in [-0.2, 0) is 38.9 Å². The Kier molecular flexibility index (Phi) is 24.3. The van der Waals surface area contributed by atoms with E-state index in [0.717, 1.165) is 93.5 Å². The first-order valence-corrected chi connectivity index (χ1v) is 38.7. The summed E-state index contributed by atoms with van der Waals surface area (Å²) in [6.45, 7) is 14.6. The Hall–Kier alpha value is -7.17. The van der Waals surface area contributed by atoms with Crippen molar-refractivity contribution in [2.75, 3.05) is 93.7 Å². The predicted octanol–water partition coefficient (Wildman–Crippen LogP) is 10.7. The summed E-state index contributed by atoms with van der Waals surface area (Å²) in [6, 6.07) is 30.4. The third kappa shape index (κ3) is 18.9. The van der Waals surface area contributed by atoms with Crippen LogP contribution in [0, 0.1) is 12.3 Å². The highest BCUT2D eigenvalue weighted by atomic mass is 35.5. The quantitative estimate of drug-likeness (QED) is 0.0237. The van der Waals surface area contributed by atoms with Crippen molar-refractivity contribution in [3.8, 4) is 10.4 Å². The van der Waals surface area contributed by atoms with Gasteiger partial charge in [-0.1, -0.05) is 93.4 Å². The van der Waals surface area contributed by atoms with Gasteiger partial charge in [0.1, 0.15) is 29.2 Å². The standard InChI is InChI=1S/C72H85ClF3N9O10S4/c1-47(49-14-16-52(17-15-49)67-48(2)77-46-97-67)78-69(90)62-38-57(86)43-85(62)70(91)68(71(3,4)5)80-65(88)40-66(89)84-33-29-60(50-18-22-54(73)23-19-50)53(42-84)41-82-34-36-83(37-35-82)56-24-20-51(21-25-56)63(87)45-98(92,93)59-26-27-61(64(39-59)99(94,95)72(74,75)76)79-55(28-32-81-30-10-7-11-31-81)44-96-58-12-8-6-9-13-58/h6,8-9,12-27,39,46-47,55,57,62,68,79,86H,7,10-11,28-38,40-45H2,1-5H3,(H,78,90)(H,80,88)/t47-,55+,57+,62-,68+/m0/s1. The molecule has 4 N–H and O–H groups in total. The van der Waals surface area contributed by atoms with Gasteiger partial charge in [-0.3, -0.25) is 28.9 Å². The summed E-state index contributed by atoms with van der Waals surface area (Å²) in [5.41, 5.74) is 1.26. The zero-order valence-corrected chi connectivity index (χ0v) is 60.1. The smallest absolute Gasteiger partial charge is 0.391 e. The van der Waals surface area contributed by atoms with Crippen molar-refractivity contribution in [1.82, 2.24) is 35.2 Å². The number of aliphatic hydroxyl groups excluding tert-OH is 1. The van der Waals surface area contributed by atoms with E-state index in [1.807, 2.05) is 80.6 Å². The van der Waals surface area contributed by atoms with E-state index in [9.17, 15) is 59.1 Å². The maximum Gasteiger partial charge on any atom is 0.501 e. The molecule has 10 rings (SSSR count). The summed E-state index contributed by atoms with van der Waals surface area (Å²) in [4.78, 5) is 84.3. The molecule has 0 radical (unpaired) electrons. The van der Waals surface area contributed by atoms with Crippen LogP contribution in [0.4, 0.5) is 24.5 Å². The summed E-state index contributed by atoms with van der Waals surface area (Å²) >= 11 is 9.32. The van der Waals surface area contributed by atoms with Gasteiger partial charge in [0.2, 0.25) is 23.6 Å². The molecule has 0 saturated carbocycles. The number of nitrogens with zero attached hydrogens (tertiary/aromatic N) is 6. The summed E-state index contributed by atoms with van der Waals surface area (Å²) in [5.74, 6) is -3.72. The average molecular weight is 1460 g/mol. The number of amides is 4. The molecule has 0 bridgehead atoms. The van der Waals surface area contributed by atoms with Crippen LogP contribution in [0.15, 0.2) is 147 Å². The Morgan fingerprint density at radius 1 is 0.798 bits per heavy atom. The van der Waals surface area contributed by atoms with Crippen molar-refractivity contribution in [3.05, 3.63) is 160 Å². The van der Waals surface area contributed by atoms with Gasteiger partial charge in [-0.25, -0.2) is 21.8 Å². The fraction of sp³-hybridized carbons (Fsp3) is 0.444. The molecule has 5 atom stereocenters. The minimum absolute atomic E-state index is 0.00498. The highest BCUT2D eigenvalue weighted by Gasteiger charge is 2.49. The first kappa shape index (κ1) is 74.5. The number of alkyl halides is 3.